The summed E-state index contributed by atoms with van der Waals surface area (Å²) in [5.74, 6) is 5.26. The molecule has 1 aliphatic heterocycles. The standard InChI is InChI=1S/C21H20N4O/c22-25-21(26)15-9-6-11-18-17(15)13-16(14-7-2-1-3-8-14)20(24-18)19-10-4-5-12-23-19/h1-12,16,20,24H,13,22H2,(H,25,26). The van der Waals surface area contributed by atoms with Gasteiger partial charge < -0.3 is 5.32 Å². The number of hydrogen-bond acceptors (Lipinski definition) is 4. The van der Waals surface area contributed by atoms with Crippen LogP contribution >= 0.6 is 0 Å². The van der Waals surface area contributed by atoms with Crippen LogP contribution in [0.4, 0.5) is 5.69 Å². The Morgan fingerprint density at radius 3 is 2.58 bits per heavy atom. The van der Waals surface area contributed by atoms with Gasteiger partial charge in [0.05, 0.1) is 11.7 Å². The predicted molar refractivity (Wildman–Crippen MR) is 102 cm³/mol. The fourth-order valence-electron chi connectivity index (χ4n) is 3.69. The van der Waals surface area contributed by atoms with E-state index in [1.165, 1.54) is 5.56 Å². The summed E-state index contributed by atoms with van der Waals surface area (Å²) in [5.41, 5.74) is 6.99. The van der Waals surface area contributed by atoms with Crippen LogP contribution in [0.25, 0.3) is 0 Å². The van der Waals surface area contributed by atoms with Crippen LogP contribution in [0.15, 0.2) is 72.9 Å². The number of hydrazine groups is 1. The van der Waals surface area contributed by atoms with E-state index < -0.39 is 0 Å². The molecule has 0 fully saturated rings. The van der Waals surface area contributed by atoms with Gasteiger partial charge in [0, 0.05) is 23.4 Å². The van der Waals surface area contributed by atoms with Gasteiger partial charge in [0.25, 0.3) is 5.91 Å². The number of hydrogen-bond donors (Lipinski definition) is 3. The molecule has 0 bridgehead atoms. The number of nitrogen functional groups attached to an aromatic ring is 1. The van der Waals surface area contributed by atoms with Crippen molar-refractivity contribution in [2.24, 2.45) is 5.84 Å². The number of nitrogens with zero attached hydrogens (tertiary/aromatic N) is 1. The summed E-state index contributed by atoms with van der Waals surface area (Å²) in [6.45, 7) is 0. The molecular weight excluding hydrogens is 324 g/mol. The van der Waals surface area contributed by atoms with E-state index in [-0.39, 0.29) is 17.9 Å². The third-order valence-electron chi connectivity index (χ3n) is 4.92. The largest absolute Gasteiger partial charge is 0.376 e. The van der Waals surface area contributed by atoms with Gasteiger partial charge in [-0.25, -0.2) is 5.84 Å². The second-order valence-corrected chi connectivity index (χ2v) is 6.40. The smallest absolute Gasteiger partial charge is 0.265 e. The molecule has 4 rings (SSSR count). The molecule has 2 atom stereocenters. The van der Waals surface area contributed by atoms with Crippen molar-refractivity contribution in [1.82, 2.24) is 10.4 Å². The lowest BCUT2D eigenvalue weighted by atomic mass is 9.79. The summed E-state index contributed by atoms with van der Waals surface area (Å²) < 4.78 is 0. The number of fused-ring (bicyclic) bond motifs is 1. The first kappa shape index (κ1) is 16.3. The van der Waals surface area contributed by atoms with Crippen molar-refractivity contribution in [1.29, 1.82) is 0 Å². The maximum atomic E-state index is 12.2. The average Bonchev–Trinajstić information content (AvgIpc) is 2.73. The van der Waals surface area contributed by atoms with Crippen LogP contribution in [0, 0.1) is 0 Å². The number of nitrogens with one attached hydrogen (secondary N) is 2. The van der Waals surface area contributed by atoms with E-state index in [0.717, 1.165) is 23.4 Å². The van der Waals surface area contributed by atoms with Gasteiger partial charge in [0.15, 0.2) is 0 Å². The Balaban J connectivity index is 1.82. The molecule has 0 radical (unpaired) electrons. The highest BCUT2D eigenvalue weighted by Crippen LogP contribution is 2.42. The summed E-state index contributed by atoms with van der Waals surface area (Å²) in [5, 5.41) is 3.60. The zero-order valence-corrected chi connectivity index (χ0v) is 14.2. The van der Waals surface area contributed by atoms with E-state index in [4.69, 9.17) is 5.84 Å². The van der Waals surface area contributed by atoms with E-state index in [0.29, 0.717) is 5.56 Å². The Bertz CT molecular complexity index is 912. The minimum atomic E-state index is -0.272. The topological polar surface area (TPSA) is 80.0 Å². The SMILES string of the molecule is NNC(=O)c1cccc2c1CC(c1ccccc1)C(c1ccccn1)N2. The highest BCUT2D eigenvalue weighted by Gasteiger charge is 2.33. The van der Waals surface area contributed by atoms with Crippen molar-refractivity contribution in [3.8, 4) is 0 Å². The zero-order valence-electron chi connectivity index (χ0n) is 14.2. The molecule has 3 aromatic rings. The lowest BCUT2D eigenvalue weighted by molar-refractivity contribution is 0.0952. The molecule has 0 aliphatic carbocycles. The van der Waals surface area contributed by atoms with E-state index in [1.54, 1.807) is 0 Å². The quantitative estimate of drug-likeness (QED) is 0.387. The van der Waals surface area contributed by atoms with E-state index >= 15 is 0 Å². The van der Waals surface area contributed by atoms with Crippen molar-refractivity contribution in [2.75, 3.05) is 5.32 Å². The minimum absolute atomic E-state index is 0.0299. The fourth-order valence-corrected chi connectivity index (χ4v) is 3.69. The van der Waals surface area contributed by atoms with Gasteiger partial charge in [-0.15, -0.1) is 0 Å². The van der Waals surface area contributed by atoms with Crippen LogP contribution in [0.2, 0.25) is 0 Å². The van der Waals surface area contributed by atoms with Crippen LogP contribution in [0.5, 0.6) is 0 Å². The van der Waals surface area contributed by atoms with Crippen LogP contribution in [-0.4, -0.2) is 10.9 Å². The first-order valence-electron chi connectivity index (χ1n) is 8.63. The molecule has 1 amide bonds. The molecule has 26 heavy (non-hydrogen) atoms. The van der Waals surface area contributed by atoms with Gasteiger partial charge in [0.1, 0.15) is 0 Å². The maximum Gasteiger partial charge on any atom is 0.265 e. The van der Waals surface area contributed by atoms with Gasteiger partial charge >= 0.3 is 0 Å². The summed E-state index contributed by atoms with van der Waals surface area (Å²) >= 11 is 0. The number of nitrogens with two attached hydrogens (primary N) is 1. The van der Waals surface area contributed by atoms with Gasteiger partial charge in [-0.3, -0.25) is 15.2 Å². The second kappa shape index (κ2) is 6.98. The van der Waals surface area contributed by atoms with Crippen molar-refractivity contribution < 1.29 is 4.79 Å². The van der Waals surface area contributed by atoms with Gasteiger partial charge in [-0.1, -0.05) is 42.5 Å². The Kier molecular flexibility index (Phi) is 4.37. The lowest BCUT2D eigenvalue weighted by Crippen LogP contribution is -2.33. The Morgan fingerprint density at radius 1 is 1.04 bits per heavy atom. The normalized spacial score (nSPS) is 18.5. The average molecular weight is 344 g/mol. The Hall–Kier alpha value is -3.18. The number of carbonyl (C=O) groups is 1. The number of rotatable bonds is 3. The van der Waals surface area contributed by atoms with E-state index in [9.17, 15) is 4.79 Å². The van der Waals surface area contributed by atoms with Gasteiger partial charge in [0.2, 0.25) is 0 Å². The van der Waals surface area contributed by atoms with Crippen molar-refractivity contribution in [3.05, 3.63) is 95.3 Å². The van der Waals surface area contributed by atoms with E-state index in [2.05, 4.69) is 27.9 Å². The van der Waals surface area contributed by atoms with Crippen LogP contribution in [-0.2, 0) is 6.42 Å². The number of benzene rings is 2. The van der Waals surface area contributed by atoms with Crippen LogP contribution < -0.4 is 16.6 Å². The van der Waals surface area contributed by atoms with E-state index in [1.807, 2.05) is 60.8 Å². The number of amides is 1. The molecule has 5 heteroatoms. The molecule has 1 aromatic heterocycles. The third-order valence-corrected chi connectivity index (χ3v) is 4.92. The minimum Gasteiger partial charge on any atom is -0.376 e. The summed E-state index contributed by atoms with van der Waals surface area (Å²) in [4.78, 5) is 16.8. The Labute approximate surface area is 152 Å². The molecular formula is C21H20N4O. The van der Waals surface area contributed by atoms with Crippen molar-refractivity contribution >= 4 is 11.6 Å². The summed E-state index contributed by atoms with van der Waals surface area (Å²) in [6.07, 6.45) is 2.55. The number of anilines is 1. The molecule has 0 saturated carbocycles. The summed E-state index contributed by atoms with van der Waals surface area (Å²) in [7, 11) is 0. The molecule has 1 aliphatic rings. The molecule has 2 heterocycles. The highest BCUT2D eigenvalue weighted by molar-refractivity contribution is 5.97. The second-order valence-electron chi connectivity index (χ2n) is 6.40. The molecule has 2 unspecified atom stereocenters. The van der Waals surface area contributed by atoms with Crippen molar-refractivity contribution in [2.45, 2.75) is 18.4 Å². The molecule has 4 N–H and O–H groups in total. The van der Waals surface area contributed by atoms with Crippen LogP contribution in [0.1, 0.15) is 39.1 Å². The predicted octanol–water partition coefficient (Wildman–Crippen LogP) is 3.18. The number of aromatic nitrogens is 1. The number of pyridine rings is 1. The lowest BCUT2D eigenvalue weighted by Gasteiger charge is -2.35. The maximum absolute atomic E-state index is 12.2. The molecule has 0 spiro atoms. The molecule has 5 nitrogen and oxygen atoms in total. The monoisotopic (exact) mass is 344 g/mol. The zero-order chi connectivity index (χ0) is 17.9. The van der Waals surface area contributed by atoms with Gasteiger partial charge in [-0.2, -0.15) is 0 Å². The first-order valence-corrected chi connectivity index (χ1v) is 8.63. The Morgan fingerprint density at radius 2 is 1.85 bits per heavy atom. The fraction of sp³-hybridized carbons (Fsp3) is 0.143. The molecule has 0 saturated heterocycles. The molecule has 2 aromatic carbocycles. The third kappa shape index (κ3) is 2.93. The number of carbonyl (C=O) groups excluding carboxylic acids is 1. The van der Waals surface area contributed by atoms with Crippen LogP contribution in [0.3, 0.4) is 0 Å². The van der Waals surface area contributed by atoms with Gasteiger partial charge in [-0.05, 0) is 41.8 Å². The van der Waals surface area contributed by atoms with Crippen molar-refractivity contribution in [3.63, 3.8) is 0 Å². The summed E-state index contributed by atoms with van der Waals surface area (Å²) in [6, 6.07) is 22.0. The first-order chi connectivity index (χ1) is 12.8. The molecule has 130 valence electrons. The highest BCUT2D eigenvalue weighted by atomic mass is 16.2.